The SMILES string of the molecule is CCCCC(NC(=O)C1CCCCC1)(c1ccccc1)c1ccccc1. The van der Waals surface area contributed by atoms with Crippen LogP contribution in [0.5, 0.6) is 0 Å². The highest BCUT2D eigenvalue weighted by Gasteiger charge is 2.37. The Labute approximate surface area is 158 Å². The molecule has 1 fully saturated rings. The van der Waals surface area contributed by atoms with Crippen molar-refractivity contribution in [1.82, 2.24) is 5.32 Å². The summed E-state index contributed by atoms with van der Waals surface area (Å²) in [7, 11) is 0. The van der Waals surface area contributed by atoms with E-state index in [0.29, 0.717) is 0 Å². The van der Waals surface area contributed by atoms with E-state index >= 15 is 0 Å². The van der Waals surface area contributed by atoms with Gasteiger partial charge in [-0.1, -0.05) is 99.7 Å². The topological polar surface area (TPSA) is 29.1 Å². The maximum atomic E-state index is 13.2. The lowest BCUT2D eigenvalue weighted by atomic mass is 9.77. The molecule has 1 amide bonds. The molecule has 2 heteroatoms. The molecule has 0 aromatic heterocycles. The summed E-state index contributed by atoms with van der Waals surface area (Å²) < 4.78 is 0. The summed E-state index contributed by atoms with van der Waals surface area (Å²) in [4.78, 5) is 13.2. The van der Waals surface area contributed by atoms with Gasteiger partial charge >= 0.3 is 0 Å². The Balaban J connectivity index is 1.99. The monoisotopic (exact) mass is 349 g/mol. The van der Waals surface area contributed by atoms with Crippen molar-refractivity contribution in [3.05, 3.63) is 71.8 Å². The second-order valence-electron chi connectivity index (χ2n) is 7.57. The maximum Gasteiger partial charge on any atom is 0.224 e. The van der Waals surface area contributed by atoms with Crippen molar-refractivity contribution < 1.29 is 4.79 Å². The van der Waals surface area contributed by atoms with Crippen LogP contribution in [0.3, 0.4) is 0 Å². The van der Waals surface area contributed by atoms with E-state index in [1.54, 1.807) is 0 Å². The van der Waals surface area contributed by atoms with Crippen molar-refractivity contribution in [3.63, 3.8) is 0 Å². The first-order valence-corrected chi connectivity index (χ1v) is 10.2. The summed E-state index contributed by atoms with van der Waals surface area (Å²) in [5.41, 5.74) is 1.93. The standard InChI is InChI=1S/C24H31NO/c1-2-3-19-24(21-15-9-5-10-16-21,22-17-11-6-12-18-22)25-23(26)20-13-7-4-8-14-20/h5-6,9-12,15-18,20H,2-4,7-8,13-14,19H2,1H3,(H,25,26). The molecule has 138 valence electrons. The summed E-state index contributed by atoms with van der Waals surface area (Å²) >= 11 is 0. The molecule has 1 N–H and O–H groups in total. The van der Waals surface area contributed by atoms with Gasteiger partial charge in [-0.15, -0.1) is 0 Å². The number of nitrogens with one attached hydrogen (secondary N) is 1. The number of carbonyl (C=O) groups is 1. The fourth-order valence-corrected chi connectivity index (χ4v) is 4.23. The number of carbonyl (C=O) groups excluding carboxylic acids is 1. The van der Waals surface area contributed by atoms with Crippen LogP contribution < -0.4 is 5.32 Å². The molecule has 2 aromatic rings. The van der Waals surface area contributed by atoms with Crippen LogP contribution in [0, 0.1) is 5.92 Å². The Morgan fingerprint density at radius 1 is 0.923 bits per heavy atom. The van der Waals surface area contributed by atoms with Crippen LogP contribution in [-0.2, 0) is 10.3 Å². The summed E-state index contributed by atoms with van der Waals surface area (Å²) in [6, 6.07) is 21.0. The third kappa shape index (κ3) is 4.17. The van der Waals surface area contributed by atoms with Gasteiger partial charge < -0.3 is 5.32 Å². The van der Waals surface area contributed by atoms with Gasteiger partial charge in [0.25, 0.3) is 0 Å². The van der Waals surface area contributed by atoms with E-state index in [4.69, 9.17) is 0 Å². The zero-order chi connectivity index (χ0) is 18.2. The molecule has 3 rings (SSSR count). The molecule has 0 atom stereocenters. The van der Waals surface area contributed by atoms with Gasteiger partial charge in [0.2, 0.25) is 5.91 Å². The summed E-state index contributed by atoms with van der Waals surface area (Å²) in [5.74, 6) is 0.394. The normalized spacial score (nSPS) is 15.6. The van der Waals surface area contributed by atoms with Crippen LogP contribution in [0.1, 0.15) is 69.4 Å². The Hall–Kier alpha value is -2.09. The zero-order valence-corrected chi connectivity index (χ0v) is 15.9. The summed E-state index contributed by atoms with van der Waals surface area (Å²) in [6.07, 6.45) is 8.79. The molecule has 0 unspecified atom stereocenters. The van der Waals surface area contributed by atoms with Gasteiger partial charge in [-0.3, -0.25) is 4.79 Å². The van der Waals surface area contributed by atoms with E-state index in [0.717, 1.165) is 32.1 Å². The average molecular weight is 350 g/mol. The van der Waals surface area contributed by atoms with Gasteiger partial charge in [0.15, 0.2) is 0 Å². The van der Waals surface area contributed by atoms with Crippen LogP contribution in [0.2, 0.25) is 0 Å². The molecular formula is C24H31NO. The quantitative estimate of drug-likeness (QED) is 0.671. The van der Waals surface area contributed by atoms with Crippen LogP contribution in [-0.4, -0.2) is 5.91 Å². The molecule has 2 nitrogen and oxygen atoms in total. The minimum atomic E-state index is -0.437. The first-order valence-electron chi connectivity index (χ1n) is 10.2. The van der Waals surface area contributed by atoms with Crippen molar-refractivity contribution >= 4 is 5.91 Å². The lowest BCUT2D eigenvalue weighted by molar-refractivity contribution is -0.127. The van der Waals surface area contributed by atoms with E-state index in [1.165, 1.54) is 30.4 Å². The number of rotatable bonds is 7. The van der Waals surface area contributed by atoms with Gasteiger partial charge in [0.05, 0.1) is 5.54 Å². The van der Waals surface area contributed by atoms with Crippen LogP contribution >= 0.6 is 0 Å². The molecule has 0 saturated heterocycles. The molecule has 1 aliphatic rings. The maximum absolute atomic E-state index is 13.2. The second-order valence-corrected chi connectivity index (χ2v) is 7.57. The van der Waals surface area contributed by atoms with Crippen LogP contribution in [0.25, 0.3) is 0 Å². The van der Waals surface area contributed by atoms with Gasteiger partial charge in [-0.05, 0) is 30.4 Å². The van der Waals surface area contributed by atoms with Crippen LogP contribution in [0.4, 0.5) is 0 Å². The fraction of sp³-hybridized carbons (Fsp3) is 0.458. The van der Waals surface area contributed by atoms with Crippen LogP contribution in [0.15, 0.2) is 60.7 Å². The van der Waals surface area contributed by atoms with Gasteiger partial charge in [0.1, 0.15) is 0 Å². The van der Waals surface area contributed by atoms with Gasteiger partial charge in [0, 0.05) is 5.92 Å². The third-order valence-electron chi connectivity index (χ3n) is 5.75. The highest BCUT2D eigenvalue weighted by molar-refractivity contribution is 5.80. The van der Waals surface area contributed by atoms with Crippen molar-refractivity contribution in [2.45, 2.75) is 63.8 Å². The first kappa shape index (κ1) is 18.7. The van der Waals surface area contributed by atoms with E-state index in [-0.39, 0.29) is 11.8 Å². The first-order chi connectivity index (χ1) is 12.8. The number of hydrogen-bond acceptors (Lipinski definition) is 1. The molecule has 0 spiro atoms. The molecule has 1 saturated carbocycles. The molecule has 0 bridgehead atoms. The minimum Gasteiger partial charge on any atom is -0.342 e. The van der Waals surface area contributed by atoms with E-state index in [9.17, 15) is 4.79 Å². The molecule has 26 heavy (non-hydrogen) atoms. The number of amides is 1. The summed E-state index contributed by atoms with van der Waals surface area (Å²) in [5, 5.41) is 3.53. The molecule has 0 aliphatic heterocycles. The number of hydrogen-bond donors (Lipinski definition) is 1. The Kier molecular flexibility index (Phi) is 6.49. The van der Waals surface area contributed by atoms with Crippen molar-refractivity contribution in [3.8, 4) is 0 Å². The Morgan fingerprint density at radius 2 is 1.46 bits per heavy atom. The zero-order valence-electron chi connectivity index (χ0n) is 15.9. The second kappa shape index (κ2) is 9.02. The Morgan fingerprint density at radius 3 is 1.96 bits per heavy atom. The molecule has 1 aliphatic carbocycles. The highest BCUT2D eigenvalue weighted by atomic mass is 16.2. The van der Waals surface area contributed by atoms with E-state index < -0.39 is 5.54 Å². The van der Waals surface area contributed by atoms with Crippen molar-refractivity contribution in [1.29, 1.82) is 0 Å². The third-order valence-corrected chi connectivity index (χ3v) is 5.75. The number of unbranched alkanes of at least 4 members (excludes halogenated alkanes) is 1. The van der Waals surface area contributed by atoms with Gasteiger partial charge in [-0.25, -0.2) is 0 Å². The van der Waals surface area contributed by atoms with E-state index in [1.807, 2.05) is 12.1 Å². The molecule has 0 radical (unpaired) electrons. The average Bonchev–Trinajstić information content (AvgIpc) is 2.73. The number of benzene rings is 2. The largest absolute Gasteiger partial charge is 0.342 e. The molecule has 0 heterocycles. The Bertz CT molecular complexity index is 634. The van der Waals surface area contributed by atoms with E-state index in [2.05, 4.69) is 60.8 Å². The minimum absolute atomic E-state index is 0.164. The lowest BCUT2D eigenvalue weighted by Crippen LogP contribution is -2.49. The predicted molar refractivity (Wildman–Crippen MR) is 108 cm³/mol. The fourth-order valence-electron chi connectivity index (χ4n) is 4.23. The van der Waals surface area contributed by atoms with Gasteiger partial charge in [-0.2, -0.15) is 0 Å². The highest BCUT2D eigenvalue weighted by Crippen LogP contribution is 2.36. The molecule has 2 aromatic carbocycles. The van der Waals surface area contributed by atoms with Crippen molar-refractivity contribution in [2.24, 2.45) is 5.92 Å². The lowest BCUT2D eigenvalue weighted by Gasteiger charge is -2.38. The smallest absolute Gasteiger partial charge is 0.224 e. The predicted octanol–water partition coefficient (Wildman–Crippen LogP) is 5.82. The van der Waals surface area contributed by atoms with Crippen molar-refractivity contribution in [2.75, 3.05) is 0 Å². The molecular weight excluding hydrogens is 318 g/mol. The summed E-state index contributed by atoms with van der Waals surface area (Å²) in [6.45, 7) is 2.21.